The van der Waals surface area contributed by atoms with Crippen LogP contribution in [-0.4, -0.2) is 21.7 Å². The SMILES string of the molecule is CC(CNc1n[nH]c(=O)[nH]c1=O)C(C)(C)C. The molecule has 0 aromatic carbocycles. The molecule has 0 fully saturated rings. The van der Waals surface area contributed by atoms with Crippen LogP contribution in [0.2, 0.25) is 0 Å². The lowest BCUT2D eigenvalue weighted by atomic mass is 9.82. The molecular formula is C10H18N4O2. The van der Waals surface area contributed by atoms with Crippen molar-refractivity contribution in [1.29, 1.82) is 0 Å². The minimum absolute atomic E-state index is 0.149. The number of aromatic nitrogens is 3. The highest BCUT2D eigenvalue weighted by Crippen LogP contribution is 2.24. The van der Waals surface area contributed by atoms with E-state index in [0.717, 1.165) is 0 Å². The molecule has 0 aliphatic heterocycles. The Hall–Kier alpha value is -1.59. The highest BCUT2D eigenvalue weighted by molar-refractivity contribution is 5.28. The first kappa shape index (κ1) is 12.5. The molecule has 1 rings (SSSR count). The number of hydrogen-bond donors (Lipinski definition) is 3. The fraction of sp³-hybridized carbons (Fsp3) is 0.700. The maximum absolute atomic E-state index is 11.3. The van der Waals surface area contributed by atoms with Crippen molar-refractivity contribution in [2.45, 2.75) is 27.7 Å². The van der Waals surface area contributed by atoms with Crippen LogP contribution >= 0.6 is 0 Å². The summed E-state index contributed by atoms with van der Waals surface area (Å²) in [6.45, 7) is 9.11. The van der Waals surface area contributed by atoms with Crippen LogP contribution in [0.25, 0.3) is 0 Å². The van der Waals surface area contributed by atoms with Gasteiger partial charge in [0.15, 0.2) is 0 Å². The Morgan fingerprint density at radius 1 is 1.38 bits per heavy atom. The smallest absolute Gasteiger partial charge is 0.342 e. The maximum Gasteiger partial charge on any atom is 0.342 e. The van der Waals surface area contributed by atoms with Gasteiger partial charge in [-0.15, -0.1) is 5.10 Å². The Morgan fingerprint density at radius 2 is 2.00 bits per heavy atom. The summed E-state index contributed by atoms with van der Waals surface area (Å²) in [6.07, 6.45) is 0. The van der Waals surface area contributed by atoms with Gasteiger partial charge >= 0.3 is 5.69 Å². The zero-order valence-electron chi connectivity index (χ0n) is 10.0. The number of H-pyrrole nitrogens is 2. The molecule has 1 unspecified atom stereocenters. The van der Waals surface area contributed by atoms with Crippen LogP contribution < -0.4 is 16.6 Å². The van der Waals surface area contributed by atoms with Crippen molar-refractivity contribution in [2.24, 2.45) is 11.3 Å². The number of nitrogens with one attached hydrogen (secondary N) is 3. The largest absolute Gasteiger partial charge is 0.364 e. The quantitative estimate of drug-likeness (QED) is 0.702. The summed E-state index contributed by atoms with van der Waals surface area (Å²) in [7, 11) is 0. The predicted molar refractivity (Wildman–Crippen MR) is 62.6 cm³/mol. The van der Waals surface area contributed by atoms with Crippen molar-refractivity contribution >= 4 is 5.82 Å². The van der Waals surface area contributed by atoms with Gasteiger partial charge in [-0.05, 0) is 11.3 Å². The van der Waals surface area contributed by atoms with E-state index in [-0.39, 0.29) is 11.2 Å². The summed E-state index contributed by atoms with van der Waals surface area (Å²) in [5.74, 6) is 0.524. The second kappa shape index (κ2) is 4.51. The van der Waals surface area contributed by atoms with Crippen LogP contribution in [0.3, 0.4) is 0 Å². The van der Waals surface area contributed by atoms with Gasteiger partial charge in [-0.1, -0.05) is 27.7 Å². The van der Waals surface area contributed by atoms with Gasteiger partial charge in [0.2, 0.25) is 5.82 Å². The molecule has 0 saturated heterocycles. The number of hydrogen-bond acceptors (Lipinski definition) is 4. The molecule has 1 heterocycles. The van der Waals surface area contributed by atoms with E-state index in [1.54, 1.807) is 0 Å². The standard InChI is InChI=1S/C10H18N4O2/c1-6(10(2,3)4)5-11-7-8(15)12-9(16)14-13-7/h6H,5H2,1-4H3,(H,11,13)(H2,12,14,15,16). The van der Waals surface area contributed by atoms with Gasteiger partial charge in [0, 0.05) is 6.54 Å². The van der Waals surface area contributed by atoms with Gasteiger partial charge in [0.1, 0.15) is 0 Å². The summed E-state index contributed by atoms with van der Waals surface area (Å²) in [4.78, 5) is 24.1. The predicted octanol–water partition coefficient (Wildman–Crippen LogP) is 0.552. The molecule has 0 spiro atoms. The first-order chi connectivity index (χ1) is 7.30. The van der Waals surface area contributed by atoms with Crippen LogP contribution in [0.5, 0.6) is 0 Å². The Labute approximate surface area is 93.5 Å². The van der Waals surface area contributed by atoms with Crippen molar-refractivity contribution in [3.63, 3.8) is 0 Å². The number of aromatic amines is 2. The molecule has 0 radical (unpaired) electrons. The zero-order chi connectivity index (χ0) is 12.3. The van der Waals surface area contributed by atoms with E-state index >= 15 is 0 Å². The van der Waals surface area contributed by atoms with E-state index in [0.29, 0.717) is 12.5 Å². The minimum atomic E-state index is -0.598. The third kappa shape index (κ3) is 3.22. The molecule has 1 atom stereocenters. The van der Waals surface area contributed by atoms with Crippen LogP contribution in [0.15, 0.2) is 9.59 Å². The van der Waals surface area contributed by atoms with Crippen molar-refractivity contribution in [1.82, 2.24) is 15.2 Å². The average molecular weight is 226 g/mol. The Bertz CT molecular complexity index is 455. The van der Waals surface area contributed by atoms with E-state index in [2.05, 4.69) is 48.2 Å². The van der Waals surface area contributed by atoms with Crippen molar-refractivity contribution in [3.8, 4) is 0 Å². The molecule has 16 heavy (non-hydrogen) atoms. The lowest BCUT2D eigenvalue weighted by Gasteiger charge is -2.27. The third-order valence-electron chi connectivity index (χ3n) is 2.77. The zero-order valence-corrected chi connectivity index (χ0v) is 10.0. The Kier molecular flexibility index (Phi) is 3.51. The van der Waals surface area contributed by atoms with Gasteiger partial charge in [-0.2, -0.15) is 0 Å². The molecule has 1 aromatic heterocycles. The summed E-state index contributed by atoms with van der Waals surface area (Å²) in [5, 5.41) is 8.74. The lowest BCUT2D eigenvalue weighted by Crippen LogP contribution is -2.30. The van der Waals surface area contributed by atoms with Gasteiger partial charge in [0.05, 0.1) is 0 Å². The molecule has 3 N–H and O–H groups in total. The van der Waals surface area contributed by atoms with Gasteiger partial charge in [0.25, 0.3) is 5.56 Å². The summed E-state index contributed by atoms with van der Waals surface area (Å²) in [6, 6.07) is 0. The van der Waals surface area contributed by atoms with Crippen LogP contribution in [0, 0.1) is 11.3 Å². The van der Waals surface area contributed by atoms with E-state index in [9.17, 15) is 9.59 Å². The highest BCUT2D eigenvalue weighted by atomic mass is 16.2. The Morgan fingerprint density at radius 3 is 2.50 bits per heavy atom. The molecule has 6 nitrogen and oxygen atoms in total. The fourth-order valence-corrected chi connectivity index (χ4v) is 1.02. The number of rotatable bonds is 3. The molecule has 0 bridgehead atoms. The molecule has 0 amide bonds. The number of anilines is 1. The topological polar surface area (TPSA) is 90.6 Å². The van der Waals surface area contributed by atoms with Crippen LogP contribution in [0.1, 0.15) is 27.7 Å². The fourth-order valence-electron chi connectivity index (χ4n) is 1.02. The number of nitrogens with zero attached hydrogens (tertiary/aromatic N) is 1. The molecule has 90 valence electrons. The second-order valence-electron chi connectivity index (χ2n) is 5.00. The molecule has 1 aromatic rings. The lowest BCUT2D eigenvalue weighted by molar-refractivity contribution is 0.274. The van der Waals surface area contributed by atoms with Crippen molar-refractivity contribution in [2.75, 3.05) is 11.9 Å². The Balaban J connectivity index is 2.69. The van der Waals surface area contributed by atoms with Crippen LogP contribution in [-0.2, 0) is 0 Å². The normalized spacial score (nSPS) is 13.5. The van der Waals surface area contributed by atoms with Gasteiger partial charge in [-0.3, -0.25) is 9.78 Å². The molecule has 0 saturated carbocycles. The first-order valence-corrected chi connectivity index (χ1v) is 5.23. The van der Waals surface area contributed by atoms with E-state index in [1.807, 2.05) is 0 Å². The van der Waals surface area contributed by atoms with Crippen LogP contribution in [0.4, 0.5) is 5.82 Å². The average Bonchev–Trinajstić information content (AvgIpc) is 2.14. The third-order valence-corrected chi connectivity index (χ3v) is 2.77. The first-order valence-electron chi connectivity index (χ1n) is 5.23. The van der Waals surface area contributed by atoms with Crippen molar-refractivity contribution < 1.29 is 0 Å². The molecule has 6 heteroatoms. The van der Waals surface area contributed by atoms with Gasteiger partial charge in [-0.25, -0.2) is 9.89 Å². The maximum atomic E-state index is 11.3. The van der Waals surface area contributed by atoms with E-state index in [1.165, 1.54) is 0 Å². The monoisotopic (exact) mass is 226 g/mol. The van der Waals surface area contributed by atoms with Crippen molar-refractivity contribution in [3.05, 3.63) is 20.8 Å². The second-order valence-corrected chi connectivity index (χ2v) is 5.00. The minimum Gasteiger partial charge on any atom is -0.364 e. The van der Waals surface area contributed by atoms with E-state index in [4.69, 9.17) is 0 Å². The molecule has 0 aliphatic rings. The summed E-state index contributed by atoms with van der Waals surface area (Å²) < 4.78 is 0. The molecular weight excluding hydrogens is 208 g/mol. The van der Waals surface area contributed by atoms with E-state index < -0.39 is 11.2 Å². The van der Waals surface area contributed by atoms with Gasteiger partial charge < -0.3 is 5.32 Å². The summed E-state index contributed by atoms with van der Waals surface area (Å²) >= 11 is 0. The highest BCUT2D eigenvalue weighted by Gasteiger charge is 2.19. The summed E-state index contributed by atoms with van der Waals surface area (Å²) in [5.41, 5.74) is -0.939. The molecule has 0 aliphatic carbocycles.